The molecule has 1 aliphatic heterocycles. The minimum absolute atomic E-state index is 0.233. The lowest BCUT2D eigenvalue weighted by molar-refractivity contribution is 0.128. The van der Waals surface area contributed by atoms with Crippen molar-refractivity contribution in [1.29, 1.82) is 0 Å². The topological polar surface area (TPSA) is 84.6 Å². The van der Waals surface area contributed by atoms with Gasteiger partial charge in [0.05, 0.1) is 5.69 Å². The van der Waals surface area contributed by atoms with E-state index in [1.165, 1.54) is 11.1 Å². The molecule has 1 aliphatic rings. The first kappa shape index (κ1) is 21.6. The molecule has 0 amide bonds. The van der Waals surface area contributed by atoms with Gasteiger partial charge in [-0.1, -0.05) is 47.6 Å². The molecule has 0 unspecified atom stereocenters. The third kappa shape index (κ3) is 4.45. The van der Waals surface area contributed by atoms with Crippen LogP contribution in [0.3, 0.4) is 0 Å². The summed E-state index contributed by atoms with van der Waals surface area (Å²) < 4.78 is 1.58. The molecule has 9 heteroatoms. The second kappa shape index (κ2) is 9.30. The van der Waals surface area contributed by atoms with Crippen molar-refractivity contribution in [3.63, 3.8) is 0 Å². The summed E-state index contributed by atoms with van der Waals surface area (Å²) in [6.07, 6.45) is 0. The lowest BCUT2D eigenvalue weighted by Crippen LogP contribution is -2.16. The van der Waals surface area contributed by atoms with Crippen LogP contribution in [-0.4, -0.2) is 45.0 Å². The van der Waals surface area contributed by atoms with Crippen LogP contribution in [0.4, 0.5) is 11.5 Å². The minimum Gasteiger partial charge on any atom is -0.389 e. The van der Waals surface area contributed by atoms with Crippen molar-refractivity contribution in [2.45, 2.75) is 19.7 Å². The van der Waals surface area contributed by atoms with E-state index in [1.807, 2.05) is 61.5 Å². The van der Waals surface area contributed by atoms with E-state index >= 15 is 0 Å². The quantitative estimate of drug-likeness (QED) is 0.313. The molecule has 0 bridgehead atoms. The first-order chi connectivity index (χ1) is 16.6. The van der Waals surface area contributed by atoms with Gasteiger partial charge >= 0.3 is 0 Å². The van der Waals surface area contributed by atoms with Crippen molar-refractivity contribution in [2.24, 2.45) is 12.2 Å². The van der Waals surface area contributed by atoms with E-state index in [9.17, 15) is 0 Å². The Bertz CT molecular complexity index is 1300. The number of benzene rings is 2. The number of pyridine rings is 1. The Balaban J connectivity index is 1.35. The number of hydrogen-bond donors (Lipinski definition) is 0. The Morgan fingerprint density at radius 1 is 1.00 bits per heavy atom. The fraction of sp³-hybridized carbons (Fsp3) is 0.240. The van der Waals surface area contributed by atoms with Crippen LogP contribution in [0.5, 0.6) is 0 Å². The lowest BCUT2D eigenvalue weighted by atomic mass is 10.1. The number of aryl methyl sites for hydroxylation is 1. The molecule has 0 spiro atoms. The maximum absolute atomic E-state index is 5.78. The summed E-state index contributed by atoms with van der Waals surface area (Å²) in [6, 6.07) is 22.5. The molecule has 0 radical (unpaired) electrons. The van der Waals surface area contributed by atoms with Crippen LogP contribution in [0, 0.1) is 0 Å². The van der Waals surface area contributed by atoms with Crippen LogP contribution >= 0.6 is 0 Å². The number of aromatic nitrogens is 5. The van der Waals surface area contributed by atoms with Gasteiger partial charge in [-0.05, 0) is 45.8 Å². The minimum atomic E-state index is 0.233. The molecule has 5 rings (SSSR count). The van der Waals surface area contributed by atoms with E-state index in [4.69, 9.17) is 9.82 Å². The zero-order chi connectivity index (χ0) is 23.5. The zero-order valence-electron chi connectivity index (χ0n) is 19.5. The van der Waals surface area contributed by atoms with Gasteiger partial charge in [0.15, 0.2) is 12.3 Å². The van der Waals surface area contributed by atoms with E-state index in [2.05, 4.69) is 49.8 Å². The van der Waals surface area contributed by atoms with E-state index in [0.29, 0.717) is 11.5 Å². The summed E-state index contributed by atoms with van der Waals surface area (Å²) >= 11 is 0. The van der Waals surface area contributed by atoms with Gasteiger partial charge in [-0.15, -0.1) is 5.10 Å². The second-order valence-electron chi connectivity index (χ2n) is 8.40. The monoisotopic (exact) mass is 454 g/mol. The number of fused-ring (bicyclic) bond motifs is 1. The summed E-state index contributed by atoms with van der Waals surface area (Å²) in [5.74, 6) is 1.45. The van der Waals surface area contributed by atoms with Gasteiger partial charge in [-0.25, -0.2) is 9.67 Å². The number of oxime groups is 1. The normalized spacial score (nSPS) is 13.1. The molecule has 9 nitrogen and oxygen atoms in total. The second-order valence-corrected chi connectivity index (χ2v) is 8.40. The first-order valence-electron chi connectivity index (χ1n) is 11.1. The maximum Gasteiger partial charge on any atom is 0.204 e. The van der Waals surface area contributed by atoms with Gasteiger partial charge in [0.2, 0.25) is 5.82 Å². The molecular weight excluding hydrogens is 428 g/mol. The van der Waals surface area contributed by atoms with Gasteiger partial charge in [0.1, 0.15) is 5.82 Å². The molecule has 2 aromatic carbocycles. The molecule has 0 atom stereocenters. The highest BCUT2D eigenvalue weighted by atomic mass is 16.6. The Morgan fingerprint density at radius 2 is 1.76 bits per heavy atom. The van der Waals surface area contributed by atoms with Gasteiger partial charge in [0, 0.05) is 45.5 Å². The van der Waals surface area contributed by atoms with Gasteiger partial charge in [-0.2, -0.15) is 0 Å². The zero-order valence-corrected chi connectivity index (χ0v) is 19.5. The summed E-state index contributed by atoms with van der Waals surface area (Å²) in [7, 11) is 5.77. The molecule has 0 saturated heterocycles. The summed E-state index contributed by atoms with van der Waals surface area (Å²) in [5, 5.41) is 16.3. The van der Waals surface area contributed by atoms with Crippen molar-refractivity contribution in [3.05, 3.63) is 94.9 Å². The molecular formula is C25H26N8O. The van der Waals surface area contributed by atoms with Crippen molar-refractivity contribution in [1.82, 2.24) is 25.2 Å². The summed E-state index contributed by atoms with van der Waals surface area (Å²) in [5.41, 5.74) is 5.95. The van der Waals surface area contributed by atoms with Crippen LogP contribution < -0.4 is 9.80 Å². The van der Waals surface area contributed by atoms with E-state index in [-0.39, 0.29) is 6.61 Å². The maximum atomic E-state index is 5.78. The molecule has 3 heterocycles. The highest BCUT2D eigenvalue weighted by Crippen LogP contribution is 2.27. The van der Waals surface area contributed by atoms with E-state index < -0.39 is 0 Å². The predicted molar refractivity (Wildman–Crippen MR) is 131 cm³/mol. The number of hydrogen-bond acceptors (Lipinski definition) is 8. The number of nitrogens with zero attached hydrogens (tertiary/aromatic N) is 8. The van der Waals surface area contributed by atoms with Crippen LogP contribution in [-0.2, 0) is 31.6 Å². The van der Waals surface area contributed by atoms with Crippen molar-refractivity contribution in [3.8, 4) is 0 Å². The molecule has 0 saturated carbocycles. The SMILES string of the molecule is CN(C)c1cccc(C(=NOCc2cccc(N3Cc4ccccc4C3)n2)c2nnnn2C)c1. The Labute approximate surface area is 198 Å². The highest BCUT2D eigenvalue weighted by Gasteiger charge is 2.20. The number of rotatable bonds is 7. The molecule has 2 aromatic heterocycles. The molecule has 34 heavy (non-hydrogen) atoms. The smallest absolute Gasteiger partial charge is 0.204 e. The predicted octanol–water partition coefficient (Wildman–Crippen LogP) is 3.16. The van der Waals surface area contributed by atoms with Crippen LogP contribution in [0.1, 0.15) is 28.2 Å². The van der Waals surface area contributed by atoms with E-state index in [0.717, 1.165) is 35.9 Å². The Morgan fingerprint density at radius 3 is 2.47 bits per heavy atom. The first-order valence-corrected chi connectivity index (χ1v) is 11.1. The fourth-order valence-corrected chi connectivity index (χ4v) is 3.97. The number of anilines is 2. The summed E-state index contributed by atoms with van der Waals surface area (Å²) in [6.45, 7) is 1.95. The van der Waals surface area contributed by atoms with Crippen molar-refractivity contribution >= 4 is 17.2 Å². The average Bonchev–Trinajstić information content (AvgIpc) is 3.48. The van der Waals surface area contributed by atoms with E-state index in [1.54, 1.807) is 11.7 Å². The molecule has 4 aromatic rings. The van der Waals surface area contributed by atoms with Crippen LogP contribution in [0.2, 0.25) is 0 Å². The summed E-state index contributed by atoms with van der Waals surface area (Å²) in [4.78, 5) is 14.9. The standard InChI is InChI=1S/C25H26N8O/c1-31(2)22-12-6-10-18(14-22)24(25-27-29-30-32(25)3)28-34-17-21-11-7-13-23(26-21)33-15-19-8-4-5-9-20(19)16-33/h4-14H,15-17H2,1-3H3. The third-order valence-corrected chi connectivity index (χ3v) is 5.79. The number of tetrazole rings is 1. The Kier molecular flexibility index (Phi) is 5.90. The molecule has 172 valence electrons. The largest absolute Gasteiger partial charge is 0.389 e. The lowest BCUT2D eigenvalue weighted by Gasteiger charge is -2.17. The molecule has 0 N–H and O–H groups in total. The third-order valence-electron chi connectivity index (χ3n) is 5.79. The average molecular weight is 455 g/mol. The van der Waals surface area contributed by atoms with Gasteiger partial charge < -0.3 is 14.6 Å². The van der Waals surface area contributed by atoms with Crippen molar-refractivity contribution in [2.75, 3.05) is 23.9 Å². The Hall–Kier alpha value is -4.27. The van der Waals surface area contributed by atoms with Gasteiger partial charge in [-0.3, -0.25) is 0 Å². The highest BCUT2D eigenvalue weighted by molar-refractivity contribution is 6.10. The molecule has 0 aliphatic carbocycles. The molecule has 0 fully saturated rings. The van der Waals surface area contributed by atoms with Crippen molar-refractivity contribution < 1.29 is 4.84 Å². The van der Waals surface area contributed by atoms with Crippen LogP contribution in [0.15, 0.2) is 71.9 Å². The fourth-order valence-electron chi connectivity index (χ4n) is 3.97. The van der Waals surface area contributed by atoms with Crippen LogP contribution in [0.25, 0.3) is 0 Å². The van der Waals surface area contributed by atoms with Gasteiger partial charge in [0.25, 0.3) is 0 Å².